The number of methoxy groups -OCH3 is 2. The Morgan fingerprint density at radius 2 is 2.00 bits per heavy atom. The van der Waals surface area contributed by atoms with Gasteiger partial charge in [-0.3, -0.25) is 0 Å². The van der Waals surface area contributed by atoms with Gasteiger partial charge in [0.15, 0.2) is 0 Å². The quantitative estimate of drug-likeness (QED) is 0.476. The van der Waals surface area contributed by atoms with E-state index >= 15 is 0 Å². The van der Waals surface area contributed by atoms with Crippen LogP contribution in [-0.2, 0) is 14.2 Å². The number of rotatable bonds is 10. The molecule has 3 N–H and O–H groups in total. The Morgan fingerprint density at radius 3 is 2.62 bits per heavy atom. The summed E-state index contributed by atoms with van der Waals surface area (Å²) < 4.78 is 14.9. The van der Waals surface area contributed by atoms with Gasteiger partial charge in [0, 0.05) is 18.8 Å². The normalized spacial score (nSPS) is 11.1. The van der Waals surface area contributed by atoms with Crippen molar-refractivity contribution in [3.8, 4) is 6.07 Å². The lowest BCUT2D eigenvalue weighted by atomic mass is 10.1. The number of esters is 1. The number of pyridine rings is 1. The molecule has 1 heterocycles. The summed E-state index contributed by atoms with van der Waals surface area (Å²) in [5, 5.41) is 18.5. The summed E-state index contributed by atoms with van der Waals surface area (Å²) in [5.41, 5.74) is 1.83. The summed E-state index contributed by atoms with van der Waals surface area (Å²) >= 11 is 0. The minimum Gasteiger partial charge on any atom is -0.465 e. The zero-order chi connectivity index (χ0) is 23.5. The number of hydrogen-bond acceptors (Lipinski definition) is 9. The molecule has 10 nitrogen and oxygen atoms in total. The van der Waals surface area contributed by atoms with Crippen LogP contribution in [0.3, 0.4) is 0 Å². The lowest BCUT2D eigenvalue weighted by Gasteiger charge is -2.20. The van der Waals surface area contributed by atoms with Gasteiger partial charge in [0.1, 0.15) is 23.3 Å². The molecule has 2 aromatic rings. The van der Waals surface area contributed by atoms with Crippen molar-refractivity contribution in [2.24, 2.45) is 0 Å². The largest absolute Gasteiger partial charge is 0.465 e. The second kappa shape index (κ2) is 12.1. The van der Waals surface area contributed by atoms with Crippen molar-refractivity contribution in [3.05, 3.63) is 47.0 Å². The lowest BCUT2D eigenvalue weighted by Crippen LogP contribution is -2.43. The third kappa shape index (κ3) is 6.85. The Hall–Kier alpha value is -3.84. The first kappa shape index (κ1) is 24.4. The van der Waals surface area contributed by atoms with E-state index < -0.39 is 18.1 Å². The maximum absolute atomic E-state index is 12.4. The number of hydrogen-bond donors (Lipinski definition) is 3. The highest BCUT2D eigenvalue weighted by molar-refractivity contribution is 5.98. The number of benzene rings is 1. The van der Waals surface area contributed by atoms with Crippen LogP contribution in [-0.4, -0.2) is 57.1 Å². The van der Waals surface area contributed by atoms with Gasteiger partial charge in [0.25, 0.3) is 0 Å². The molecule has 0 aliphatic rings. The fraction of sp³-hybridized carbons (Fsp3) is 0.364. The number of nitrogens with zero attached hydrogens (tertiary/aromatic N) is 2. The highest BCUT2D eigenvalue weighted by Crippen LogP contribution is 2.26. The highest BCUT2D eigenvalue weighted by Gasteiger charge is 2.21. The molecule has 0 aliphatic carbocycles. The summed E-state index contributed by atoms with van der Waals surface area (Å²) in [7, 11) is 2.51. The predicted molar refractivity (Wildman–Crippen MR) is 119 cm³/mol. The molecular formula is C22H27N5O5. The van der Waals surface area contributed by atoms with Crippen LogP contribution in [0.5, 0.6) is 0 Å². The molecule has 0 bridgehead atoms. The van der Waals surface area contributed by atoms with E-state index in [1.807, 2.05) is 44.2 Å². The number of ether oxygens (including phenoxy) is 3. The molecule has 170 valence electrons. The first-order valence-corrected chi connectivity index (χ1v) is 9.95. The first-order chi connectivity index (χ1) is 15.4. The van der Waals surface area contributed by atoms with Crippen LogP contribution < -0.4 is 16.0 Å². The zero-order valence-electron chi connectivity index (χ0n) is 18.5. The number of aryl methyl sites for hydroxylation is 1. The predicted octanol–water partition coefficient (Wildman–Crippen LogP) is 2.96. The Morgan fingerprint density at radius 1 is 1.22 bits per heavy atom. The SMILES string of the molecule is CCOC[C@@H](CNc1cc(C#N)c(C(=O)OC)c(Nc2cccc(C)c2)n1)NC(=O)OC. The van der Waals surface area contributed by atoms with E-state index in [1.165, 1.54) is 20.3 Å². The molecule has 0 aliphatic heterocycles. The van der Waals surface area contributed by atoms with Crippen molar-refractivity contribution in [1.82, 2.24) is 10.3 Å². The van der Waals surface area contributed by atoms with E-state index in [-0.39, 0.29) is 30.1 Å². The van der Waals surface area contributed by atoms with Crippen LogP contribution in [0.2, 0.25) is 0 Å². The highest BCUT2D eigenvalue weighted by atomic mass is 16.5. The van der Waals surface area contributed by atoms with Gasteiger partial charge in [-0.15, -0.1) is 0 Å². The van der Waals surface area contributed by atoms with Gasteiger partial charge in [-0.05, 0) is 37.6 Å². The maximum atomic E-state index is 12.4. The van der Waals surface area contributed by atoms with E-state index in [4.69, 9.17) is 9.47 Å². The number of nitriles is 1. The summed E-state index contributed by atoms with van der Waals surface area (Å²) in [6.07, 6.45) is -0.593. The molecule has 1 aromatic carbocycles. The van der Waals surface area contributed by atoms with Crippen molar-refractivity contribution in [2.75, 3.05) is 44.6 Å². The van der Waals surface area contributed by atoms with Crippen molar-refractivity contribution in [2.45, 2.75) is 19.9 Å². The van der Waals surface area contributed by atoms with Crippen molar-refractivity contribution < 1.29 is 23.8 Å². The minimum atomic E-state index is -0.683. The average molecular weight is 441 g/mol. The molecule has 2 rings (SSSR count). The molecule has 0 unspecified atom stereocenters. The molecule has 0 fully saturated rings. The molecule has 0 saturated carbocycles. The first-order valence-electron chi connectivity index (χ1n) is 9.95. The standard InChI is InChI=1S/C22H27N5O5/c1-5-32-13-17(26-22(29)31-4)12-24-18-10-15(11-23)19(21(28)30-3)20(27-18)25-16-8-6-7-14(2)9-16/h6-10,17H,5,12-13H2,1-4H3,(H,26,29)(H2,24,25,27)/t17-/m1/s1. The van der Waals surface area contributed by atoms with Crippen LogP contribution in [0.4, 0.5) is 22.1 Å². The number of carbonyl (C=O) groups excluding carboxylic acids is 2. The van der Waals surface area contributed by atoms with Gasteiger partial charge in [-0.25, -0.2) is 14.6 Å². The smallest absolute Gasteiger partial charge is 0.407 e. The fourth-order valence-electron chi connectivity index (χ4n) is 2.85. The zero-order valence-corrected chi connectivity index (χ0v) is 18.5. The second-order valence-electron chi connectivity index (χ2n) is 6.75. The molecule has 32 heavy (non-hydrogen) atoms. The number of anilines is 3. The Kier molecular flexibility index (Phi) is 9.25. The Labute approximate surface area is 186 Å². The summed E-state index contributed by atoms with van der Waals surface area (Å²) in [5.74, 6) is -0.180. The van der Waals surface area contributed by atoms with E-state index in [1.54, 1.807) is 0 Å². The molecule has 10 heteroatoms. The average Bonchev–Trinajstić information content (AvgIpc) is 2.79. The van der Waals surface area contributed by atoms with Crippen molar-refractivity contribution in [3.63, 3.8) is 0 Å². The van der Waals surface area contributed by atoms with Crippen LogP contribution >= 0.6 is 0 Å². The van der Waals surface area contributed by atoms with Gasteiger partial charge in [0.2, 0.25) is 0 Å². The van der Waals surface area contributed by atoms with E-state index in [9.17, 15) is 14.9 Å². The maximum Gasteiger partial charge on any atom is 0.407 e. The van der Waals surface area contributed by atoms with E-state index in [2.05, 4.69) is 25.7 Å². The molecule has 0 spiro atoms. The second-order valence-corrected chi connectivity index (χ2v) is 6.75. The number of amides is 1. The van der Waals surface area contributed by atoms with Crippen LogP contribution in [0.1, 0.15) is 28.4 Å². The van der Waals surface area contributed by atoms with Crippen molar-refractivity contribution >= 4 is 29.4 Å². The van der Waals surface area contributed by atoms with Crippen molar-refractivity contribution in [1.29, 1.82) is 5.26 Å². The van der Waals surface area contributed by atoms with Gasteiger partial charge in [0.05, 0.1) is 32.4 Å². The number of carbonyl (C=O) groups is 2. The fourth-order valence-corrected chi connectivity index (χ4v) is 2.85. The monoisotopic (exact) mass is 441 g/mol. The summed E-state index contributed by atoms with van der Waals surface area (Å²) in [6, 6.07) is 10.5. The minimum absolute atomic E-state index is 0.0283. The van der Waals surface area contributed by atoms with Crippen LogP contribution in [0, 0.1) is 18.3 Å². The van der Waals surface area contributed by atoms with Crippen LogP contribution in [0.25, 0.3) is 0 Å². The number of nitrogens with one attached hydrogen (secondary N) is 3. The molecule has 0 saturated heterocycles. The molecule has 1 atom stereocenters. The van der Waals surface area contributed by atoms with Gasteiger partial charge < -0.3 is 30.2 Å². The topological polar surface area (TPSA) is 135 Å². The van der Waals surface area contributed by atoms with Crippen LogP contribution in [0.15, 0.2) is 30.3 Å². The molecular weight excluding hydrogens is 414 g/mol. The van der Waals surface area contributed by atoms with Gasteiger partial charge >= 0.3 is 12.1 Å². The molecule has 0 radical (unpaired) electrons. The third-order valence-corrected chi connectivity index (χ3v) is 4.37. The van der Waals surface area contributed by atoms with Gasteiger partial charge in [-0.2, -0.15) is 5.26 Å². The summed E-state index contributed by atoms with van der Waals surface area (Å²) in [6.45, 7) is 4.75. The van der Waals surface area contributed by atoms with Gasteiger partial charge in [-0.1, -0.05) is 12.1 Å². The third-order valence-electron chi connectivity index (χ3n) is 4.37. The Balaban J connectivity index is 2.35. The number of aromatic nitrogens is 1. The molecule has 1 aromatic heterocycles. The lowest BCUT2D eigenvalue weighted by molar-refractivity contribution is 0.0601. The summed E-state index contributed by atoms with van der Waals surface area (Å²) in [4.78, 5) is 28.4. The number of alkyl carbamates (subject to hydrolysis) is 1. The van der Waals surface area contributed by atoms with E-state index in [0.717, 1.165) is 5.56 Å². The Bertz CT molecular complexity index is 989. The van der Waals surface area contributed by atoms with E-state index in [0.29, 0.717) is 18.1 Å². The molecule has 1 amide bonds.